The summed E-state index contributed by atoms with van der Waals surface area (Å²) < 4.78 is 6.10. The molecule has 3 aromatic rings. The Bertz CT molecular complexity index is 771. The molecular weight excluding hydrogens is 332 g/mol. The van der Waals surface area contributed by atoms with Gasteiger partial charge in [0.05, 0.1) is 5.52 Å². The zero-order chi connectivity index (χ0) is 14.8. The molecule has 1 unspecified atom stereocenters. The lowest BCUT2D eigenvalue weighted by molar-refractivity contribution is 0.368. The smallest absolute Gasteiger partial charge is 0.228 e. The van der Waals surface area contributed by atoms with E-state index in [0.29, 0.717) is 23.8 Å². The third-order valence-electron chi connectivity index (χ3n) is 3.32. The van der Waals surface area contributed by atoms with Crippen molar-refractivity contribution in [2.45, 2.75) is 25.8 Å². The molecule has 0 spiro atoms. The summed E-state index contributed by atoms with van der Waals surface area (Å²) in [5.74, 6) is 1.02. The lowest BCUT2D eigenvalue weighted by Crippen LogP contribution is -2.21. The van der Waals surface area contributed by atoms with E-state index in [0.717, 1.165) is 21.8 Å². The summed E-state index contributed by atoms with van der Waals surface area (Å²) in [7, 11) is 0. The van der Waals surface area contributed by atoms with Crippen molar-refractivity contribution in [3.8, 4) is 11.5 Å². The van der Waals surface area contributed by atoms with E-state index < -0.39 is 0 Å². The maximum Gasteiger partial charge on any atom is 0.228 e. The molecule has 0 aliphatic carbocycles. The fourth-order valence-corrected chi connectivity index (χ4v) is 2.56. The van der Waals surface area contributed by atoms with Gasteiger partial charge in [0, 0.05) is 22.3 Å². The summed E-state index contributed by atoms with van der Waals surface area (Å²) >= 11 is 3.52. The molecule has 0 radical (unpaired) electrons. The second kappa shape index (κ2) is 5.91. The first-order chi connectivity index (χ1) is 10.2. The second-order valence-corrected chi connectivity index (χ2v) is 5.75. The van der Waals surface area contributed by atoms with Gasteiger partial charge in [0.1, 0.15) is 5.69 Å². The Morgan fingerprint density at radius 3 is 2.90 bits per heavy atom. The van der Waals surface area contributed by atoms with Gasteiger partial charge in [0.25, 0.3) is 0 Å². The first kappa shape index (κ1) is 14.2. The van der Waals surface area contributed by atoms with Gasteiger partial charge >= 0.3 is 0 Å². The highest BCUT2D eigenvalue weighted by Gasteiger charge is 2.15. The molecule has 2 N–H and O–H groups in total. The third kappa shape index (κ3) is 2.96. The molecule has 5 nitrogen and oxygen atoms in total. The number of para-hydroxylation sites is 1. The number of hydrogen-bond donors (Lipinski definition) is 1. The molecule has 21 heavy (non-hydrogen) atoms. The number of pyridine rings is 1. The maximum absolute atomic E-state index is 5.90. The van der Waals surface area contributed by atoms with Crippen LogP contribution in [0.15, 0.2) is 39.3 Å². The molecule has 108 valence electrons. The van der Waals surface area contributed by atoms with Crippen LogP contribution in [0.25, 0.3) is 22.4 Å². The molecule has 2 heterocycles. The van der Waals surface area contributed by atoms with E-state index in [9.17, 15) is 0 Å². The highest BCUT2D eigenvalue weighted by molar-refractivity contribution is 9.10. The summed E-state index contributed by atoms with van der Waals surface area (Å²) in [6, 6.07) is 9.94. The van der Waals surface area contributed by atoms with Crippen LogP contribution in [0.3, 0.4) is 0 Å². The monoisotopic (exact) mass is 346 g/mol. The number of halogens is 1. The Morgan fingerprint density at radius 2 is 2.10 bits per heavy atom. The molecule has 0 saturated carbocycles. The highest BCUT2D eigenvalue weighted by atomic mass is 79.9. The minimum Gasteiger partial charge on any atom is -0.339 e. The molecule has 6 heteroatoms. The number of benzene rings is 1. The Labute approximate surface area is 130 Å². The van der Waals surface area contributed by atoms with Crippen LogP contribution in [-0.2, 0) is 6.42 Å². The van der Waals surface area contributed by atoms with E-state index in [4.69, 9.17) is 10.3 Å². The largest absolute Gasteiger partial charge is 0.339 e. The van der Waals surface area contributed by atoms with E-state index in [1.54, 1.807) is 0 Å². The van der Waals surface area contributed by atoms with Crippen LogP contribution >= 0.6 is 15.9 Å². The zero-order valence-electron chi connectivity index (χ0n) is 11.6. The molecule has 2 aromatic heterocycles. The number of nitrogens with two attached hydrogens (primary N) is 1. The Balaban J connectivity index is 1.98. The maximum atomic E-state index is 5.90. The van der Waals surface area contributed by atoms with E-state index in [-0.39, 0.29) is 6.04 Å². The molecule has 0 saturated heterocycles. The number of aromatic nitrogens is 3. The van der Waals surface area contributed by atoms with Crippen LogP contribution in [0.5, 0.6) is 0 Å². The topological polar surface area (TPSA) is 77.8 Å². The van der Waals surface area contributed by atoms with Crippen LogP contribution in [0.4, 0.5) is 0 Å². The number of hydrogen-bond acceptors (Lipinski definition) is 5. The molecule has 1 aromatic carbocycles. The van der Waals surface area contributed by atoms with Gasteiger partial charge in [-0.3, -0.25) is 0 Å². The summed E-state index contributed by atoms with van der Waals surface area (Å²) in [6.45, 7) is 2.03. The van der Waals surface area contributed by atoms with Crippen LogP contribution in [-0.4, -0.2) is 21.2 Å². The minimum absolute atomic E-state index is 0.0336. The lowest BCUT2D eigenvalue weighted by atomic mass is 10.2. The van der Waals surface area contributed by atoms with Gasteiger partial charge in [-0.25, -0.2) is 4.98 Å². The molecule has 0 aliphatic rings. The van der Waals surface area contributed by atoms with Crippen molar-refractivity contribution in [2.24, 2.45) is 5.73 Å². The zero-order valence-corrected chi connectivity index (χ0v) is 13.2. The summed E-state index contributed by atoms with van der Waals surface area (Å²) in [4.78, 5) is 8.98. The predicted octanol–water partition coefficient (Wildman–Crippen LogP) is 3.33. The van der Waals surface area contributed by atoms with Crippen LogP contribution in [0.1, 0.15) is 19.2 Å². The van der Waals surface area contributed by atoms with Gasteiger partial charge in [-0.1, -0.05) is 30.3 Å². The molecule has 0 bridgehead atoms. The molecule has 0 aliphatic heterocycles. The molecule has 3 rings (SSSR count). The van der Waals surface area contributed by atoms with Crippen molar-refractivity contribution in [1.82, 2.24) is 15.1 Å². The van der Waals surface area contributed by atoms with Crippen molar-refractivity contribution < 1.29 is 4.52 Å². The van der Waals surface area contributed by atoms with Gasteiger partial charge in [0.2, 0.25) is 11.7 Å². The quantitative estimate of drug-likeness (QED) is 0.783. The first-order valence-corrected chi connectivity index (χ1v) is 7.60. The average molecular weight is 347 g/mol. The standard InChI is InChI=1S/C15H15BrN4O/c1-2-10(17)8-13-19-15(20-21-13)14-11(16)7-9-5-3-4-6-12(9)18-14/h3-7,10H,2,8,17H2,1H3. The molecule has 0 amide bonds. The minimum atomic E-state index is 0.0336. The van der Waals surface area contributed by atoms with E-state index >= 15 is 0 Å². The Morgan fingerprint density at radius 1 is 1.29 bits per heavy atom. The lowest BCUT2D eigenvalue weighted by Gasteiger charge is -2.03. The van der Waals surface area contributed by atoms with Gasteiger partial charge in [-0.05, 0) is 34.5 Å². The Hall–Kier alpha value is -1.79. The van der Waals surface area contributed by atoms with Crippen molar-refractivity contribution >= 4 is 26.8 Å². The molecule has 1 atom stereocenters. The van der Waals surface area contributed by atoms with Crippen molar-refractivity contribution in [2.75, 3.05) is 0 Å². The summed E-state index contributed by atoms with van der Waals surface area (Å²) in [5, 5.41) is 5.07. The van der Waals surface area contributed by atoms with Gasteiger partial charge < -0.3 is 10.3 Å². The summed E-state index contributed by atoms with van der Waals surface area (Å²) in [6.07, 6.45) is 1.45. The van der Waals surface area contributed by atoms with Gasteiger partial charge in [-0.15, -0.1) is 0 Å². The number of rotatable bonds is 4. The highest BCUT2D eigenvalue weighted by Crippen LogP contribution is 2.28. The Kier molecular flexibility index (Phi) is 3.98. The molecule has 0 fully saturated rings. The van der Waals surface area contributed by atoms with Crippen molar-refractivity contribution in [1.29, 1.82) is 0 Å². The normalized spacial score (nSPS) is 12.7. The van der Waals surface area contributed by atoms with Crippen LogP contribution < -0.4 is 5.73 Å². The fraction of sp³-hybridized carbons (Fsp3) is 0.267. The first-order valence-electron chi connectivity index (χ1n) is 6.81. The number of fused-ring (bicyclic) bond motifs is 1. The average Bonchev–Trinajstić information content (AvgIpc) is 2.94. The van der Waals surface area contributed by atoms with Crippen molar-refractivity contribution in [3.05, 3.63) is 40.7 Å². The van der Waals surface area contributed by atoms with Crippen LogP contribution in [0.2, 0.25) is 0 Å². The number of nitrogens with zero attached hydrogens (tertiary/aromatic N) is 3. The van der Waals surface area contributed by atoms with E-state index in [2.05, 4.69) is 31.1 Å². The van der Waals surface area contributed by atoms with Gasteiger partial charge in [0.15, 0.2) is 0 Å². The third-order valence-corrected chi connectivity index (χ3v) is 3.92. The van der Waals surface area contributed by atoms with Crippen LogP contribution in [0, 0.1) is 0 Å². The van der Waals surface area contributed by atoms with E-state index in [1.807, 2.05) is 37.3 Å². The fourth-order valence-electron chi connectivity index (χ4n) is 2.05. The second-order valence-electron chi connectivity index (χ2n) is 4.90. The van der Waals surface area contributed by atoms with E-state index in [1.165, 1.54) is 0 Å². The predicted molar refractivity (Wildman–Crippen MR) is 84.7 cm³/mol. The summed E-state index contributed by atoms with van der Waals surface area (Å²) in [5.41, 5.74) is 7.48. The molecular formula is C15H15BrN4O. The van der Waals surface area contributed by atoms with Crippen molar-refractivity contribution in [3.63, 3.8) is 0 Å². The van der Waals surface area contributed by atoms with Gasteiger partial charge in [-0.2, -0.15) is 4.98 Å². The SMILES string of the molecule is CCC(N)Cc1nc(-c2nc3ccccc3cc2Br)no1.